The minimum Gasteiger partial charge on any atom is -0.461 e. The SMILES string of the molecule is CCCCCCC(C)C(=O)OCC(COC)OC(=O)CCCN(CCCC(=O)OC(COC(=O)C(C)CCCCCC)COC(=O)C(C)CCCCCC)C(=O)CCCCN(C)C. The van der Waals surface area contributed by atoms with Crippen LogP contribution in [0.5, 0.6) is 0 Å². The molecule has 63 heavy (non-hydrogen) atoms. The number of carbonyl (C=O) groups is 6. The predicted octanol–water partition coefficient (Wildman–Crippen LogP) is 9.03. The highest BCUT2D eigenvalue weighted by Crippen LogP contribution is 2.16. The summed E-state index contributed by atoms with van der Waals surface area (Å²) < 4.78 is 33.1. The van der Waals surface area contributed by atoms with Gasteiger partial charge in [0.1, 0.15) is 19.8 Å². The zero-order valence-electron chi connectivity index (χ0n) is 41.2. The molecular formula is C49H90N2O12. The third-order valence-corrected chi connectivity index (χ3v) is 11.1. The number of esters is 5. The molecule has 0 saturated carbocycles. The van der Waals surface area contributed by atoms with Crippen molar-refractivity contribution in [2.24, 2.45) is 17.8 Å². The molecule has 0 N–H and O–H groups in total. The summed E-state index contributed by atoms with van der Waals surface area (Å²) in [4.78, 5) is 81.4. The average Bonchev–Trinajstić information content (AvgIpc) is 3.25. The van der Waals surface area contributed by atoms with Crippen molar-refractivity contribution in [1.29, 1.82) is 0 Å². The first-order valence-corrected chi connectivity index (χ1v) is 24.5. The molecule has 14 heteroatoms. The van der Waals surface area contributed by atoms with Gasteiger partial charge in [-0.2, -0.15) is 0 Å². The number of hydrogen-bond acceptors (Lipinski definition) is 13. The molecule has 0 aliphatic rings. The van der Waals surface area contributed by atoms with E-state index >= 15 is 0 Å². The van der Waals surface area contributed by atoms with Crippen LogP contribution in [-0.4, -0.2) is 125 Å². The molecule has 0 radical (unpaired) electrons. The summed E-state index contributed by atoms with van der Waals surface area (Å²) in [5.74, 6) is -3.11. The van der Waals surface area contributed by atoms with Gasteiger partial charge >= 0.3 is 29.8 Å². The molecule has 14 nitrogen and oxygen atoms in total. The van der Waals surface area contributed by atoms with Crippen molar-refractivity contribution in [2.45, 2.75) is 195 Å². The van der Waals surface area contributed by atoms with Gasteiger partial charge in [-0.3, -0.25) is 28.8 Å². The molecule has 368 valence electrons. The fourth-order valence-electron chi connectivity index (χ4n) is 6.90. The standard InChI is InChI=1S/C49H90N2O12/c1-10-13-16-19-26-39(4)47(55)59-36-42(35-58-9)62-45(53)30-24-33-51(44(52)29-22-23-32-50(7)8)34-25-31-46(54)63-43(37-60-48(56)40(5)27-20-17-14-11-2)38-61-49(57)41(6)28-21-18-15-12-3/h39-43H,10-38H2,1-9H3. The largest absolute Gasteiger partial charge is 0.461 e. The first kappa shape index (κ1) is 59.7. The molecule has 0 saturated heterocycles. The van der Waals surface area contributed by atoms with Crippen molar-refractivity contribution in [2.75, 3.05) is 67.3 Å². The second-order valence-electron chi connectivity index (χ2n) is 17.7. The molecule has 0 aromatic rings. The zero-order valence-corrected chi connectivity index (χ0v) is 41.2. The van der Waals surface area contributed by atoms with Gasteiger partial charge in [0, 0.05) is 39.5 Å². The number of hydrogen-bond donors (Lipinski definition) is 0. The number of rotatable bonds is 41. The molecule has 0 rings (SSSR count). The van der Waals surface area contributed by atoms with Crippen molar-refractivity contribution in [1.82, 2.24) is 9.80 Å². The number of ether oxygens (including phenoxy) is 6. The van der Waals surface area contributed by atoms with Crippen molar-refractivity contribution >= 4 is 35.8 Å². The Balaban J connectivity index is 5.45. The average molecular weight is 899 g/mol. The Morgan fingerprint density at radius 1 is 0.444 bits per heavy atom. The van der Waals surface area contributed by atoms with E-state index in [1.54, 1.807) is 4.90 Å². The Bertz CT molecular complexity index is 1200. The van der Waals surface area contributed by atoms with Gasteiger partial charge in [0.2, 0.25) is 5.91 Å². The summed E-state index contributed by atoms with van der Waals surface area (Å²) in [6.45, 7) is 12.8. The Kier molecular flexibility index (Phi) is 37.1. The van der Waals surface area contributed by atoms with E-state index in [-0.39, 0.29) is 93.9 Å². The number of unbranched alkanes of at least 4 members (excludes halogenated alkanes) is 10. The van der Waals surface area contributed by atoms with Gasteiger partial charge in [-0.25, -0.2) is 0 Å². The van der Waals surface area contributed by atoms with E-state index < -0.39 is 24.1 Å². The van der Waals surface area contributed by atoms with Crippen molar-refractivity contribution in [3.63, 3.8) is 0 Å². The maximum atomic E-state index is 13.4. The van der Waals surface area contributed by atoms with Crippen molar-refractivity contribution in [3.8, 4) is 0 Å². The fraction of sp³-hybridized carbons (Fsp3) is 0.878. The molecule has 0 spiro atoms. The molecule has 1 amide bonds. The molecule has 0 aliphatic carbocycles. The molecular weight excluding hydrogens is 809 g/mol. The molecule has 0 heterocycles. The number of carbonyl (C=O) groups excluding carboxylic acids is 6. The van der Waals surface area contributed by atoms with E-state index in [9.17, 15) is 28.8 Å². The van der Waals surface area contributed by atoms with Crippen LogP contribution in [0.25, 0.3) is 0 Å². The summed E-state index contributed by atoms with van der Waals surface area (Å²) in [5.41, 5.74) is 0. The van der Waals surface area contributed by atoms with Gasteiger partial charge in [-0.1, -0.05) is 119 Å². The van der Waals surface area contributed by atoms with E-state index in [0.29, 0.717) is 38.5 Å². The minimum absolute atomic E-state index is 0.0265. The van der Waals surface area contributed by atoms with Gasteiger partial charge < -0.3 is 38.2 Å². The number of nitrogens with zero attached hydrogens (tertiary/aromatic N) is 2. The van der Waals surface area contributed by atoms with Crippen LogP contribution >= 0.6 is 0 Å². The molecule has 0 aromatic heterocycles. The van der Waals surface area contributed by atoms with Crippen LogP contribution in [-0.2, 0) is 57.2 Å². The number of amides is 1. The van der Waals surface area contributed by atoms with Gasteiger partial charge in [0.05, 0.1) is 24.4 Å². The third kappa shape index (κ3) is 33.0. The van der Waals surface area contributed by atoms with E-state index in [2.05, 4.69) is 25.7 Å². The van der Waals surface area contributed by atoms with Gasteiger partial charge in [0.15, 0.2) is 12.2 Å². The Hall–Kier alpha value is -3.26. The predicted molar refractivity (Wildman–Crippen MR) is 246 cm³/mol. The van der Waals surface area contributed by atoms with E-state index in [4.69, 9.17) is 28.4 Å². The smallest absolute Gasteiger partial charge is 0.308 e. The molecule has 0 bridgehead atoms. The summed E-state index contributed by atoms with van der Waals surface area (Å²) >= 11 is 0. The van der Waals surface area contributed by atoms with Crippen LogP contribution in [0, 0.1) is 17.8 Å². The Morgan fingerprint density at radius 2 is 0.825 bits per heavy atom. The first-order valence-electron chi connectivity index (χ1n) is 24.5. The lowest BCUT2D eigenvalue weighted by Gasteiger charge is -2.24. The second-order valence-corrected chi connectivity index (χ2v) is 17.7. The van der Waals surface area contributed by atoms with Gasteiger partial charge in [-0.15, -0.1) is 0 Å². The molecule has 0 aromatic carbocycles. The summed E-state index contributed by atoms with van der Waals surface area (Å²) in [6.07, 6.45) is 15.5. The number of methoxy groups -OCH3 is 1. The maximum Gasteiger partial charge on any atom is 0.308 e. The maximum absolute atomic E-state index is 13.4. The van der Waals surface area contributed by atoms with E-state index in [1.165, 1.54) is 7.11 Å². The lowest BCUT2D eigenvalue weighted by Crippen LogP contribution is -2.35. The highest BCUT2D eigenvalue weighted by molar-refractivity contribution is 5.76. The topological polar surface area (TPSA) is 164 Å². The van der Waals surface area contributed by atoms with Crippen LogP contribution in [0.1, 0.15) is 183 Å². The van der Waals surface area contributed by atoms with Crippen LogP contribution < -0.4 is 0 Å². The third-order valence-electron chi connectivity index (χ3n) is 11.1. The molecule has 4 atom stereocenters. The van der Waals surface area contributed by atoms with E-state index in [1.807, 2.05) is 34.9 Å². The second kappa shape index (κ2) is 39.1. The van der Waals surface area contributed by atoms with Gasteiger partial charge in [0.25, 0.3) is 0 Å². The van der Waals surface area contributed by atoms with Crippen LogP contribution in [0.2, 0.25) is 0 Å². The van der Waals surface area contributed by atoms with Gasteiger partial charge in [-0.05, 0) is 65.6 Å². The minimum atomic E-state index is -0.977. The molecule has 0 aliphatic heterocycles. The normalized spacial score (nSPS) is 13.7. The first-order chi connectivity index (χ1) is 30.2. The monoisotopic (exact) mass is 899 g/mol. The summed E-state index contributed by atoms with van der Waals surface area (Å²) in [5, 5.41) is 0. The van der Waals surface area contributed by atoms with Crippen LogP contribution in [0.15, 0.2) is 0 Å². The lowest BCUT2D eigenvalue weighted by molar-refractivity contribution is -0.169. The quantitative estimate of drug-likeness (QED) is 0.0325. The Labute approximate surface area is 381 Å². The van der Waals surface area contributed by atoms with Crippen LogP contribution in [0.4, 0.5) is 0 Å². The van der Waals surface area contributed by atoms with E-state index in [0.717, 1.165) is 96.4 Å². The summed E-state index contributed by atoms with van der Waals surface area (Å²) in [7, 11) is 5.44. The molecule has 0 fully saturated rings. The van der Waals surface area contributed by atoms with Crippen molar-refractivity contribution in [3.05, 3.63) is 0 Å². The zero-order chi connectivity index (χ0) is 47.3. The van der Waals surface area contributed by atoms with Crippen molar-refractivity contribution < 1.29 is 57.2 Å². The van der Waals surface area contributed by atoms with Crippen LogP contribution in [0.3, 0.4) is 0 Å². The Morgan fingerprint density at radius 3 is 1.17 bits per heavy atom. The lowest BCUT2D eigenvalue weighted by atomic mass is 10.0. The highest BCUT2D eigenvalue weighted by Gasteiger charge is 2.25. The molecule has 4 unspecified atom stereocenters. The summed E-state index contributed by atoms with van der Waals surface area (Å²) in [6, 6.07) is 0. The fourth-order valence-corrected chi connectivity index (χ4v) is 6.90. The highest BCUT2D eigenvalue weighted by atomic mass is 16.6.